The van der Waals surface area contributed by atoms with Gasteiger partial charge in [0.05, 0.1) is 11.6 Å². The largest absolute Gasteiger partial charge is 0.419 e. The molecule has 0 spiro atoms. The summed E-state index contributed by atoms with van der Waals surface area (Å²) >= 11 is 0. The summed E-state index contributed by atoms with van der Waals surface area (Å²) in [6.45, 7) is 3.77. The highest BCUT2D eigenvalue weighted by Crippen LogP contribution is 2.23. The summed E-state index contributed by atoms with van der Waals surface area (Å²) in [5.41, 5.74) is 4.31. The first-order chi connectivity index (χ1) is 13.0. The predicted octanol–water partition coefficient (Wildman–Crippen LogP) is 3.04. The minimum Gasteiger partial charge on any atom is -0.408 e. The van der Waals surface area contributed by atoms with Crippen molar-refractivity contribution in [3.8, 4) is 0 Å². The number of likely N-dealkylation sites (tertiary alicyclic amines) is 1. The molecular formula is C21H23N3O3. The highest BCUT2D eigenvalue weighted by molar-refractivity contribution is 5.96. The number of anilines is 1. The lowest BCUT2D eigenvalue weighted by Crippen LogP contribution is -2.39. The fourth-order valence-corrected chi connectivity index (χ4v) is 3.79. The van der Waals surface area contributed by atoms with Gasteiger partial charge in [0.25, 0.3) is 0 Å². The van der Waals surface area contributed by atoms with Crippen molar-refractivity contribution in [2.45, 2.75) is 32.4 Å². The van der Waals surface area contributed by atoms with Crippen LogP contribution < -0.4 is 11.1 Å². The van der Waals surface area contributed by atoms with Crippen LogP contribution in [-0.4, -0.2) is 28.0 Å². The molecule has 140 valence electrons. The standard InChI is InChI=1S/C21H23N3O3/c1-14-5-3-6-15(11-14)13-24-10-4-7-17(24)20(25)22-16-8-9-19-18(12-16)23(2)21(26)27-19/h3,5-6,8-9,11-12,17H,4,7,10,13H2,1-2H3,(H,22,25). The van der Waals surface area contributed by atoms with Crippen LogP contribution in [0.2, 0.25) is 0 Å². The van der Waals surface area contributed by atoms with Gasteiger partial charge in [-0.05, 0) is 50.1 Å². The molecule has 0 saturated carbocycles. The van der Waals surface area contributed by atoms with Crippen molar-refractivity contribution in [3.63, 3.8) is 0 Å². The Morgan fingerprint density at radius 3 is 2.93 bits per heavy atom. The van der Waals surface area contributed by atoms with Crippen LogP contribution >= 0.6 is 0 Å². The maximum Gasteiger partial charge on any atom is 0.419 e. The van der Waals surface area contributed by atoms with E-state index in [4.69, 9.17) is 4.42 Å². The van der Waals surface area contributed by atoms with Crippen molar-refractivity contribution < 1.29 is 9.21 Å². The van der Waals surface area contributed by atoms with Crippen LogP contribution in [-0.2, 0) is 18.4 Å². The molecule has 2 aromatic carbocycles. The number of benzene rings is 2. The Labute approximate surface area is 157 Å². The van der Waals surface area contributed by atoms with E-state index in [0.717, 1.165) is 25.9 Å². The Bertz CT molecular complexity index is 1050. The van der Waals surface area contributed by atoms with E-state index in [-0.39, 0.29) is 11.9 Å². The number of aryl methyl sites for hydroxylation is 2. The molecule has 27 heavy (non-hydrogen) atoms. The van der Waals surface area contributed by atoms with Gasteiger partial charge < -0.3 is 9.73 Å². The molecule has 1 atom stereocenters. The van der Waals surface area contributed by atoms with E-state index < -0.39 is 5.76 Å². The average molecular weight is 365 g/mol. The highest BCUT2D eigenvalue weighted by Gasteiger charge is 2.30. The minimum absolute atomic E-state index is 0.00648. The third-order valence-corrected chi connectivity index (χ3v) is 5.19. The second-order valence-corrected chi connectivity index (χ2v) is 7.22. The van der Waals surface area contributed by atoms with E-state index in [0.29, 0.717) is 16.8 Å². The third-order valence-electron chi connectivity index (χ3n) is 5.19. The topological polar surface area (TPSA) is 67.5 Å². The smallest absolute Gasteiger partial charge is 0.408 e. The van der Waals surface area contributed by atoms with E-state index in [1.165, 1.54) is 15.7 Å². The van der Waals surface area contributed by atoms with E-state index in [9.17, 15) is 9.59 Å². The summed E-state index contributed by atoms with van der Waals surface area (Å²) < 4.78 is 6.57. The summed E-state index contributed by atoms with van der Waals surface area (Å²) in [7, 11) is 1.65. The number of nitrogens with one attached hydrogen (secondary N) is 1. The summed E-state index contributed by atoms with van der Waals surface area (Å²) in [5.74, 6) is -0.415. The number of fused-ring (bicyclic) bond motifs is 1. The van der Waals surface area contributed by atoms with Crippen LogP contribution in [0.15, 0.2) is 51.7 Å². The van der Waals surface area contributed by atoms with Crippen LogP contribution in [0.25, 0.3) is 11.1 Å². The molecule has 1 aliphatic heterocycles. The zero-order valence-corrected chi connectivity index (χ0v) is 15.6. The van der Waals surface area contributed by atoms with Crippen molar-refractivity contribution in [2.24, 2.45) is 7.05 Å². The second kappa shape index (κ2) is 7.04. The van der Waals surface area contributed by atoms with Crippen molar-refractivity contribution in [1.82, 2.24) is 9.47 Å². The van der Waals surface area contributed by atoms with Crippen LogP contribution in [0.5, 0.6) is 0 Å². The lowest BCUT2D eigenvalue weighted by Gasteiger charge is -2.24. The number of amides is 1. The number of hydrogen-bond donors (Lipinski definition) is 1. The quantitative estimate of drug-likeness (QED) is 0.772. The maximum atomic E-state index is 12.9. The highest BCUT2D eigenvalue weighted by atomic mass is 16.4. The second-order valence-electron chi connectivity index (χ2n) is 7.22. The van der Waals surface area contributed by atoms with E-state index >= 15 is 0 Å². The van der Waals surface area contributed by atoms with Crippen LogP contribution in [0.3, 0.4) is 0 Å². The number of oxazole rings is 1. The van der Waals surface area contributed by atoms with Gasteiger partial charge in [-0.2, -0.15) is 0 Å². The summed E-state index contributed by atoms with van der Waals surface area (Å²) in [5, 5.41) is 3.00. The molecule has 0 bridgehead atoms. The lowest BCUT2D eigenvalue weighted by molar-refractivity contribution is -0.120. The molecule has 1 amide bonds. The monoisotopic (exact) mass is 365 g/mol. The number of carbonyl (C=O) groups is 1. The molecule has 0 radical (unpaired) electrons. The van der Waals surface area contributed by atoms with Gasteiger partial charge in [-0.25, -0.2) is 4.79 Å². The molecule has 1 saturated heterocycles. The summed E-state index contributed by atoms with van der Waals surface area (Å²) in [4.78, 5) is 26.7. The molecule has 1 aliphatic rings. The predicted molar refractivity (Wildman–Crippen MR) is 105 cm³/mol. The van der Waals surface area contributed by atoms with Crippen molar-refractivity contribution in [2.75, 3.05) is 11.9 Å². The van der Waals surface area contributed by atoms with Crippen LogP contribution in [0.4, 0.5) is 5.69 Å². The van der Waals surface area contributed by atoms with E-state index in [1.54, 1.807) is 25.2 Å². The van der Waals surface area contributed by atoms with Crippen molar-refractivity contribution >= 4 is 22.7 Å². The van der Waals surface area contributed by atoms with Gasteiger partial charge in [0.15, 0.2) is 5.58 Å². The average Bonchev–Trinajstić information content (AvgIpc) is 3.20. The number of hydrogen-bond acceptors (Lipinski definition) is 4. The Morgan fingerprint density at radius 1 is 1.26 bits per heavy atom. The van der Waals surface area contributed by atoms with Crippen molar-refractivity contribution in [1.29, 1.82) is 0 Å². The Balaban J connectivity index is 1.50. The van der Waals surface area contributed by atoms with Gasteiger partial charge in [-0.3, -0.25) is 14.3 Å². The zero-order valence-electron chi connectivity index (χ0n) is 15.6. The number of rotatable bonds is 4. The first-order valence-electron chi connectivity index (χ1n) is 9.21. The molecule has 1 aromatic heterocycles. The van der Waals surface area contributed by atoms with Crippen molar-refractivity contribution in [3.05, 3.63) is 64.1 Å². The normalized spacial score (nSPS) is 17.5. The fraction of sp³-hybridized carbons (Fsp3) is 0.333. The Hall–Kier alpha value is -2.86. The Kier molecular flexibility index (Phi) is 4.58. The molecule has 6 heteroatoms. The molecule has 6 nitrogen and oxygen atoms in total. The van der Waals surface area contributed by atoms with Gasteiger partial charge in [0.1, 0.15) is 0 Å². The van der Waals surface area contributed by atoms with Gasteiger partial charge in [-0.1, -0.05) is 29.8 Å². The third kappa shape index (κ3) is 3.53. The molecule has 2 heterocycles. The van der Waals surface area contributed by atoms with Gasteiger partial charge >= 0.3 is 5.76 Å². The molecular weight excluding hydrogens is 342 g/mol. The zero-order chi connectivity index (χ0) is 19.0. The molecule has 4 rings (SSSR count). The molecule has 1 fully saturated rings. The van der Waals surface area contributed by atoms with E-state index in [2.05, 4.69) is 41.4 Å². The first kappa shape index (κ1) is 17.5. The summed E-state index contributed by atoms with van der Waals surface area (Å²) in [6, 6.07) is 13.5. The van der Waals surface area contributed by atoms with E-state index in [1.807, 2.05) is 0 Å². The first-order valence-corrected chi connectivity index (χ1v) is 9.21. The molecule has 0 aliphatic carbocycles. The van der Waals surface area contributed by atoms with Crippen LogP contribution in [0.1, 0.15) is 24.0 Å². The molecule has 1 N–H and O–H groups in total. The summed E-state index contributed by atoms with van der Waals surface area (Å²) in [6.07, 6.45) is 1.86. The molecule has 1 unspecified atom stereocenters. The number of carbonyl (C=O) groups excluding carboxylic acids is 1. The maximum absolute atomic E-state index is 12.9. The Morgan fingerprint density at radius 2 is 2.11 bits per heavy atom. The lowest BCUT2D eigenvalue weighted by atomic mass is 10.1. The van der Waals surface area contributed by atoms with Gasteiger partial charge in [0.2, 0.25) is 5.91 Å². The van der Waals surface area contributed by atoms with Gasteiger partial charge in [0, 0.05) is 19.3 Å². The SMILES string of the molecule is Cc1cccc(CN2CCCC2C(=O)Nc2ccc3oc(=O)n(C)c3c2)c1. The minimum atomic E-state index is -0.409. The fourth-order valence-electron chi connectivity index (χ4n) is 3.79. The van der Waals surface area contributed by atoms with Gasteiger partial charge in [-0.15, -0.1) is 0 Å². The molecule has 3 aromatic rings. The van der Waals surface area contributed by atoms with Crippen LogP contribution in [0, 0.1) is 6.92 Å². The number of aromatic nitrogens is 1. The number of nitrogens with zero attached hydrogens (tertiary/aromatic N) is 2.